The number of benzene rings is 8. The Morgan fingerprint density at radius 2 is 0.656 bits per heavy atom. The number of hydrazone groups is 4. The summed E-state index contributed by atoms with van der Waals surface area (Å²) in [5, 5.41) is 28.8. The Morgan fingerprint density at radius 3 is 0.959 bits per heavy atom. The summed E-state index contributed by atoms with van der Waals surface area (Å²) in [6.07, 6.45) is 15.1. The number of para-hydroxylation sites is 4. The number of nitrogens with one attached hydrogen (secondary N) is 1. The van der Waals surface area contributed by atoms with Crippen LogP contribution in [0, 0.1) is 70.2 Å². The van der Waals surface area contributed by atoms with E-state index in [-0.39, 0.29) is 79.9 Å². The molecule has 12 aliphatic rings. The van der Waals surface area contributed by atoms with Gasteiger partial charge in [-0.1, -0.05) is 152 Å². The van der Waals surface area contributed by atoms with Crippen LogP contribution in [0.5, 0.6) is 23.0 Å². The summed E-state index contributed by atoms with van der Waals surface area (Å²) in [6, 6.07) is 43.4. The first kappa shape index (κ1) is 84.5. The fourth-order valence-electron chi connectivity index (χ4n) is 17.9. The first-order valence-corrected chi connectivity index (χ1v) is 44.7. The summed E-state index contributed by atoms with van der Waals surface area (Å²) in [5.74, 6) is -1.49. The average Bonchev–Trinajstić information content (AvgIpc) is 1.57. The smallest absolute Gasteiger partial charge is 0.247 e. The number of nitrogens with two attached hydrogens (primary N) is 2. The van der Waals surface area contributed by atoms with Crippen molar-refractivity contribution in [3.63, 3.8) is 0 Å². The lowest BCUT2D eigenvalue weighted by Crippen LogP contribution is -2.51. The van der Waals surface area contributed by atoms with Crippen LogP contribution < -0.4 is 35.7 Å². The molecule has 636 valence electrons. The molecule has 4 spiro atoms. The summed E-state index contributed by atoms with van der Waals surface area (Å²) in [5.41, 5.74) is 15.3. The van der Waals surface area contributed by atoms with Crippen LogP contribution >= 0.6 is 47.0 Å². The third-order valence-corrected chi connectivity index (χ3v) is 30.2. The lowest BCUT2D eigenvalue weighted by atomic mass is 9.79. The molecule has 4 fully saturated rings. The standard InChI is InChI=1S/C25H26F2N2O2S.C24H25F2N3O2S.2C21H19F2N3O2S/c26-18-11-12-21(27)19(16-18)24-28-29(23(30)13-10-17-6-2-1-3-7-17)25(32-24)14-15-31-22-9-5-4-8-20(22)25;25-17-6-7-20(26)18(15-17)23-28-29(22(30)8-5-16-9-12-27-13-10-16)24(32-23)11-14-31-21-4-2-1-3-19(21)24;2*22-13-5-6-17(23)15(11-13)19-25-26(20(27)12-9-14(24)10-12)21(29-19)7-8-28-18-4-2-1-3-16(18)21/h4-5,8-9,11-12,16-17H,1-3,6-7,10,13-15H2;1-4,6-7,15-16,27H,5,8-14H2;2*1-6,11-12,14H,7-10,24H2. The zero-order valence-corrected chi connectivity index (χ0v) is 69.7. The molecule has 31 heteroatoms. The number of carbonyl (C=O) groups excluding carboxylic acids is 4. The number of fused-ring (bicyclic) bond motifs is 8. The van der Waals surface area contributed by atoms with E-state index in [9.17, 15) is 54.3 Å². The number of carbonyl (C=O) groups is 4. The van der Waals surface area contributed by atoms with Gasteiger partial charge in [0.2, 0.25) is 23.6 Å². The van der Waals surface area contributed by atoms with Gasteiger partial charge in [-0.2, -0.15) is 20.4 Å². The fourth-order valence-corrected chi connectivity index (χ4v) is 23.5. The van der Waals surface area contributed by atoms with Crippen molar-refractivity contribution in [1.29, 1.82) is 0 Å². The Morgan fingerprint density at radius 1 is 0.377 bits per heavy atom. The minimum Gasteiger partial charge on any atom is -0.493 e. The van der Waals surface area contributed by atoms with Crippen molar-refractivity contribution in [2.75, 3.05) is 39.5 Å². The van der Waals surface area contributed by atoms with E-state index in [1.165, 1.54) is 99.2 Å². The van der Waals surface area contributed by atoms with Crippen molar-refractivity contribution in [3.8, 4) is 23.0 Å². The number of nitrogens with zero attached hydrogens (tertiary/aromatic N) is 8. The van der Waals surface area contributed by atoms with E-state index in [2.05, 4.69) is 25.7 Å². The van der Waals surface area contributed by atoms with Gasteiger partial charge in [0.05, 0.1) is 26.4 Å². The molecule has 0 aromatic heterocycles. The molecule has 3 saturated carbocycles. The molecule has 4 atom stereocenters. The molecule has 19 nitrogen and oxygen atoms in total. The highest BCUT2D eigenvalue weighted by Gasteiger charge is 2.58. The van der Waals surface area contributed by atoms with Crippen LogP contribution in [0.4, 0.5) is 35.1 Å². The summed E-state index contributed by atoms with van der Waals surface area (Å²) < 4.78 is 137. The minimum atomic E-state index is -0.848. The summed E-state index contributed by atoms with van der Waals surface area (Å²) in [4.78, 5) is 50.3. The highest BCUT2D eigenvalue weighted by Crippen LogP contribution is 2.60. The van der Waals surface area contributed by atoms with E-state index in [4.69, 9.17) is 30.4 Å². The molecule has 3 aliphatic carbocycles. The van der Waals surface area contributed by atoms with Crippen LogP contribution in [-0.4, -0.2) is 115 Å². The quantitative estimate of drug-likeness (QED) is 0.0966. The first-order chi connectivity index (χ1) is 59.1. The molecule has 9 heterocycles. The minimum absolute atomic E-state index is 0.0150. The molecule has 8 aromatic rings. The predicted octanol–water partition coefficient (Wildman–Crippen LogP) is 18.0. The Kier molecular flexibility index (Phi) is 24.8. The topological polar surface area (TPSA) is 232 Å². The second kappa shape index (κ2) is 35.8. The molecule has 4 amide bonds. The zero-order chi connectivity index (χ0) is 84.6. The van der Waals surface area contributed by atoms with Gasteiger partial charge < -0.3 is 35.7 Å². The number of piperidine rings is 1. The van der Waals surface area contributed by atoms with Crippen LogP contribution in [0.2, 0.25) is 0 Å². The van der Waals surface area contributed by atoms with Crippen LogP contribution in [0.3, 0.4) is 0 Å². The molecule has 20 rings (SSSR count). The maximum atomic E-state index is 14.6. The Labute approximate surface area is 717 Å². The summed E-state index contributed by atoms with van der Waals surface area (Å²) in [7, 11) is 0. The zero-order valence-electron chi connectivity index (χ0n) is 66.5. The van der Waals surface area contributed by atoms with Crippen molar-refractivity contribution < 1.29 is 73.2 Å². The van der Waals surface area contributed by atoms with Crippen LogP contribution in [-0.2, 0) is 38.7 Å². The van der Waals surface area contributed by atoms with Crippen molar-refractivity contribution in [1.82, 2.24) is 25.4 Å². The van der Waals surface area contributed by atoms with Crippen molar-refractivity contribution in [2.24, 2.45) is 55.5 Å². The molecule has 0 bridgehead atoms. The number of rotatable bonds is 12. The predicted molar refractivity (Wildman–Crippen MR) is 454 cm³/mol. The Balaban J connectivity index is 0.000000116. The average molecular weight is 1750 g/mol. The first-order valence-electron chi connectivity index (χ1n) is 41.5. The van der Waals surface area contributed by atoms with E-state index >= 15 is 0 Å². The van der Waals surface area contributed by atoms with E-state index < -0.39 is 66.0 Å². The lowest BCUT2D eigenvalue weighted by Gasteiger charge is -2.42. The molecular weight excluding hydrogens is 1660 g/mol. The van der Waals surface area contributed by atoms with Gasteiger partial charge in [-0.15, -0.1) is 0 Å². The number of amides is 4. The number of hydrogen-bond donors (Lipinski definition) is 3. The molecule has 122 heavy (non-hydrogen) atoms. The largest absolute Gasteiger partial charge is 0.493 e. The van der Waals surface area contributed by atoms with Gasteiger partial charge in [0.15, 0.2) is 0 Å². The van der Waals surface area contributed by atoms with Crippen LogP contribution in [0.1, 0.15) is 167 Å². The van der Waals surface area contributed by atoms with Crippen molar-refractivity contribution >= 4 is 90.9 Å². The monoisotopic (exact) mass is 1740 g/mol. The maximum absolute atomic E-state index is 14.6. The maximum Gasteiger partial charge on any atom is 0.247 e. The molecule has 4 unspecified atom stereocenters. The molecule has 0 radical (unpaired) electrons. The highest BCUT2D eigenvalue weighted by molar-refractivity contribution is 8.16. The third-order valence-electron chi connectivity index (χ3n) is 24.5. The molecule has 1 saturated heterocycles. The third kappa shape index (κ3) is 16.8. The molecular formula is C91H89F8N11O8S4. The van der Waals surface area contributed by atoms with E-state index in [0.717, 1.165) is 134 Å². The van der Waals surface area contributed by atoms with Crippen molar-refractivity contribution in [2.45, 2.75) is 154 Å². The van der Waals surface area contributed by atoms with Gasteiger partial charge in [0.25, 0.3) is 0 Å². The van der Waals surface area contributed by atoms with Crippen LogP contribution in [0.15, 0.2) is 190 Å². The Bertz CT molecular complexity index is 5150. The van der Waals surface area contributed by atoms with Gasteiger partial charge in [-0.25, -0.2) is 55.2 Å². The van der Waals surface area contributed by atoms with Gasteiger partial charge in [-0.05, 0) is 173 Å². The lowest BCUT2D eigenvalue weighted by molar-refractivity contribution is -0.143. The van der Waals surface area contributed by atoms with Crippen LogP contribution in [0.25, 0.3) is 0 Å². The second-order valence-corrected chi connectivity index (χ2v) is 37.4. The summed E-state index contributed by atoms with van der Waals surface area (Å²) >= 11 is 5.19. The van der Waals surface area contributed by atoms with Gasteiger partial charge in [-0.3, -0.25) is 19.2 Å². The van der Waals surface area contributed by atoms with Gasteiger partial charge >= 0.3 is 0 Å². The molecule has 5 N–H and O–H groups in total. The molecule has 9 aliphatic heterocycles. The number of thioether (sulfide) groups is 4. The van der Waals surface area contributed by atoms with E-state index in [0.29, 0.717) is 136 Å². The summed E-state index contributed by atoms with van der Waals surface area (Å²) in [6.45, 7) is 3.59. The number of halogens is 8. The Hall–Kier alpha value is -9.76. The second-order valence-electron chi connectivity index (χ2n) is 32.4. The normalized spacial score (nSPS) is 25.3. The van der Waals surface area contributed by atoms with E-state index in [1.54, 1.807) is 0 Å². The number of hydrogen-bond acceptors (Lipinski definition) is 19. The van der Waals surface area contributed by atoms with Gasteiger partial charge in [0.1, 0.15) is 109 Å². The van der Waals surface area contributed by atoms with Gasteiger partial charge in [0, 0.05) is 107 Å². The van der Waals surface area contributed by atoms with E-state index in [1.807, 2.05) is 97.1 Å². The highest BCUT2D eigenvalue weighted by atomic mass is 32.2. The van der Waals surface area contributed by atoms with Crippen molar-refractivity contribution in [3.05, 3.63) is 261 Å². The fraction of sp³-hybridized carbons (Fsp3) is 0.385. The molecule has 8 aromatic carbocycles. The SMILES string of the molecule is NC1CC(C(=O)N2N=C(c3cc(F)ccc3F)SC23CCOc2ccccc23)C1.NC1CC(C(=O)N2N=C(c3cc(F)ccc3F)SC23CCOc2ccccc23)C1.O=C(CCC1CCCCC1)N1N=C(c2cc(F)ccc2F)SC12CCOc1ccccc12.O=C(CCC1CCNCC1)N1N=C(c2cc(F)ccc2F)SC12CCOc1ccccc12. The number of ether oxygens (including phenoxy) is 4.